The maximum Gasteiger partial charge on any atom is 0.191 e. The monoisotopic (exact) mass is 323 g/mol. The summed E-state index contributed by atoms with van der Waals surface area (Å²) < 4.78 is 11.2. The third kappa shape index (κ3) is 7.23. The van der Waals surface area contributed by atoms with E-state index >= 15 is 0 Å². The van der Waals surface area contributed by atoms with Gasteiger partial charge in [-0.25, -0.2) is 0 Å². The van der Waals surface area contributed by atoms with Crippen molar-refractivity contribution in [1.29, 1.82) is 0 Å². The summed E-state index contributed by atoms with van der Waals surface area (Å²) >= 11 is 0. The van der Waals surface area contributed by atoms with Gasteiger partial charge in [0.25, 0.3) is 0 Å². The minimum absolute atomic E-state index is 0.0488. The molecule has 0 saturated heterocycles. The Kier molecular flexibility index (Phi) is 9.63. The molecule has 0 saturated carbocycles. The Morgan fingerprint density at radius 3 is 2.48 bits per heavy atom. The van der Waals surface area contributed by atoms with Gasteiger partial charge in [0.2, 0.25) is 0 Å². The first kappa shape index (κ1) is 19.1. The summed E-state index contributed by atoms with van der Waals surface area (Å²) in [5.74, 6) is 2.29. The molecule has 0 spiro atoms. The minimum Gasteiger partial charge on any atom is -0.490 e. The molecule has 1 aromatic rings. The minimum atomic E-state index is 0.0488. The molecule has 0 bridgehead atoms. The van der Waals surface area contributed by atoms with Gasteiger partial charge in [-0.05, 0) is 44.9 Å². The molecule has 0 aliphatic carbocycles. The molecule has 1 rings (SSSR count). The van der Waals surface area contributed by atoms with Gasteiger partial charge in [-0.3, -0.25) is 4.99 Å². The number of hydrogen-bond donors (Lipinski definition) is 3. The molecular formula is C17H29N3O3. The SMILES string of the molecule is CCNC(=NCCO)NCCc1ccc(OCC)c(OCC)c1. The van der Waals surface area contributed by atoms with Crippen LogP contribution in [0.5, 0.6) is 11.5 Å². The van der Waals surface area contributed by atoms with Gasteiger partial charge < -0.3 is 25.2 Å². The third-order valence-electron chi connectivity index (χ3n) is 3.03. The lowest BCUT2D eigenvalue weighted by molar-refractivity contribution is 0.287. The molecule has 23 heavy (non-hydrogen) atoms. The Balaban J connectivity index is 2.60. The van der Waals surface area contributed by atoms with Crippen LogP contribution in [0.25, 0.3) is 0 Å². The summed E-state index contributed by atoms with van der Waals surface area (Å²) in [6.45, 7) is 9.14. The van der Waals surface area contributed by atoms with E-state index in [9.17, 15) is 0 Å². The van der Waals surface area contributed by atoms with Gasteiger partial charge in [-0.1, -0.05) is 6.07 Å². The third-order valence-corrected chi connectivity index (χ3v) is 3.03. The van der Waals surface area contributed by atoms with Gasteiger partial charge in [-0.2, -0.15) is 0 Å². The van der Waals surface area contributed by atoms with E-state index in [1.165, 1.54) is 5.56 Å². The van der Waals surface area contributed by atoms with E-state index in [0.29, 0.717) is 19.8 Å². The highest BCUT2D eigenvalue weighted by Gasteiger charge is 2.06. The van der Waals surface area contributed by atoms with Crippen LogP contribution in [0.1, 0.15) is 26.3 Å². The summed E-state index contributed by atoms with van der Waals surface area (Å²) in [6, 6.07) is 6.02. The average Bonchev–Trinajstić information content (AvgIpc) is 2.55. The van der Waals surface area contributed by atoms with E-state index in [-0.39, 0.29) is 6.61 Å². The molecule has 0 aliphatic rings. The lowest BCUT2D eigenvalue weighted by Crippen LogP contribution is -2.38. The van der Waals surface area contributed by atoms with Crippen molar-refractivity contribution in [3.63, 3.8) is 0 Å². The Hall–Kier alpha value is -1.95. The molecule has 0 aliphatic heterocycles. The number of ether oxygens (including phenoxy) is 2. The highest BCUT2D eigenvalue weighted by Crippen LogP contribution is 2.28. The van der Waals surface area contributed by atoms with Crippen molar-refractivity contribution in [2.24, 2.45) is 4.99 Å². The van der Waals surface area contributed by atoms with Crippen LogP contribution in [-0.4, -0.2) is 50.5 Å². The Bertz CT molecular complexity index is 478. The molecule has 6 nitrogen and oxygen atoms in total. The van der Waals surface area contributed by atoms with Gasteiger partial charge in [0.05, 0.1) is 26.4 Å². The van der Waals surface area contributed by atoms with Gasteiger partial charge in [0.1, 0.15) is 0 Å². The molecule has 130 valence electrons. The second kappa shape index (κ2) is 11.6. The Morgan fingerprint density at radius 2 is 1.83 bits per heavy atom. The standard InChI is InChI=1S/C17H29N3O3/c1-4-18-17(20-11-12-21)19-10-9-14-7-8-15(22-5-2)16(13-14)23-6-3/h7-8,13,21H,4-6,9-12H2,1-3H3,(H2,18,19,20). The molecule has 0 aromatic heterocycles. The first-order chi connectivity index (χ1) is 11.2. The Morgan fingerprint density at radius 1 is 1.09 bits per heavy atom. The van der Waals surface area contributed by atoms with E-state index in [2.05, 4.69) is 15.6 Å². The van der Waals surface area contributed by atoms with Crippen molar-refractivity contribution in [1.82, 2.24) is 10.6 Å². The number of nitrogens with one attached hydrogen (secondary N) is 2. The Labute approximate surface area is 138 Å². The quantitative estimate of drug-likeness (QED) is 0.450. The molecular weight excluding hydrogens is 294 g/mol. The zero-order valence-corrected chi connectivity index (χ0v) is 14.4. The van der Waals surface area contributed by atoms with Crippen molar-refractivity contribution >= 4 is 5.96 Å². The van der Waals surface area contributed by atoms with Crippen LogP contribution in [0, 0.1) is 0 Å². The van der Waals surface area contributed by atoms with Crippen molar-refractivity contribution in [2.45, 2.75) is 27.2 Å². The summed E-state index contributed by atoms with van der Waals surface area (Å²) in [6.07, 6.45) is 0.843. The van der Waals surface area contributed by atoms with Crippen LogP contribution < -0.4 is 20.1 Å². The average molecular weight is 323 g/mol. The number of hydrogen-bond acceptors (Lipinski definition) is 4. The van der Waals surface area contributed by atoms with Crippen LogP contribution in [0.3, 0.4) is 0 Å². The first-order valence-corrected chi connectivity index (χ1v) is 8.26. The second-order valence-electron chi connectivity index (χ2n) is 4.81. The molecule has 6 heteroatoms. The van der Waals surface area contributed by atoms with Crippen molar-refractivity contribution in [3.8, 4) is 11.5 Å². The topological polar surface area (TPSA) is 75.1 Å². The number of guanidine groups is 1. The van der Waals surface area contributed by atoms with Gasteiger partial charge >= 0.3 is 0 Å². The number of aliphatic hydroxyl groups is 1. The van der Waals surface area contributed by atoms with Gasteiger partial charge in [0.15, 0.2) is 17.5 Å². The zero-order chi connectivity index (χ0) is 16.9. The number of rotatable bonds is 10. The fourth-order valence-corrected chi connectivity index (χ4v) is 2.08. The van der Waals surface area contributed by atoms with E-state index in [1.807, 2.05) is 39.0 Å². The highest BCUT2D eigenvalue weighted by molar-refractivity contribution is 5.79. The molecule has 1 aromatic carbocycles. The smallest absolute Gasteiger partial charge is 0.191 e. The molecule has 0 atom stereocenters. The van der Waals surface area contributed by atoms with E-state index < -0.39 is 0 Å². The number of nitrogens with zero attached hydrogens (tertiary/aromatic N) is 1. The normalized spacial score (nSPS) is 11.2. The fraction of sp³-hybridized carbons (Fsp3) is 0.588. The lowest BCUT2D eigenvalue weighted by Gasteiger charge is -2.14. The predicted octanol–water partition coefficient (Wildman–Crippen LogP) is 1.57. The molecule has 0 radical (unpaired) electrons. The van der Waals surface area contributed by atoms with Gasteiger partial charge in [0, 0.05) is 13.1 Å². The molecule has 0 unspecified atom stereocenters. The van der Waals surface area contributed by atoms with Crippen LogP contribution in [0.15, 0.2) is 23.2 Å². The summed E-state index contributed by atoms with van der Waals surface area (Å²) in [4.78, 5) is 4.25. The summed E-state index contributed by atoms with van der Waals surface area (Å²) in [7, 11) is 0. The van der Waals surface area contributed by atoms with Crippen LogP contribution in [0.2, 0.25) is 0 Å². The summed E-state index contributed by atoms with van der Waals surface area (Å²) in [5, 5.41) is 15.2. The van der Waals surface area contributed by atoms with E-state index in [4.69, 9.17) is 14.6 Å². The predicted molar refractivity (Wildman–Crippen MR) is 93.6 cm³/mol. The molecule has 3 N–H and O–H groups in total. The van der Waals surface area contributed by atoms with Crippen molar-refractivity contribution in [3.05, 3.63) is 23.8 Å². The highest BCUT2D eigenvalue weighted by atomic mass is 16.5. The second-order valence-corrected chi connectivity index (χ2v) is 4.81. The molecule has 0 amide bonds. The van der Waals surface area contributed by atoms with Gasteiger partial charge in [-0.15, -0.1) is 0 Å². The van der Waals surface area contributed by atoms with Crippen molar-refractivity contribution in [2.75, 3.05) is 39.5 Å². The maximum absolute atomic E-state index is 8.85. The number of aliphatic hydroxyl groups excluding tert-OH is 1. The number of benzene rings is 1. The largest absolute Gasteiger partial charge is 0.490 e. The van der Waals surface area contributed by atoms with Crippen LogP contribution in [-0.2, 0) is 6.42 Å². The first-order valence-electron chi connectivity index (χ1n) is 8.26. The van der Waals surface area contributed by atoms with Crippen LogP contribution in [0.4, 0.5) is 0 Å². The summed E-state index contributed by atoms with van der Waals surface area (Å²) in [5.41, 5.74) is 1.17. The number of aliphatic imine (C=N–C) groups is 1. The fourth-order valence-electron chi connectivity index (χ4n) is 2.08. The molecule has 0 heterocycles. The zero-order valence-electron chi connectivity index (χ0n) is 14.4. The lowest BCUT2D eigenvalue weighted by atomic mass is 10.1. The van der Waals surface area contributed by atoms with Crippen molar-refractivity contribution < 1.29 is 14.6 Å². The van der Waals surface area contributed by atoms with E-state index in [1.54, 1.807) is 0 Å². The van der Waals surface area contributed by atoms with Crippen LogP contribution >= 0.6 is 0 Å². The van der Waals surface area contributed by atoms with E-state index in [0.717, 1.165) is 37.0 Å². The molecule has 0 fully saturated rings. The maximum atomic E-state index is 8.85.